The number of anilines is 1. The second kappa shape index (κ2) is 7.88. The van der Waals surface area contributed by atoms with Crippen LogP contribution in [-0.4, -0.2) is 39.8 Å². The molecule has 0 atom stereocenters. The Kier molecular flexibility index (Phi) is 6.66. The molecular formula is C17H28N2O4S. The monoisotopic (exact) mass is 356 g/mol. The first-order valence-electron chi connectivity index (χ1n) is 7.94. The number of sulfonamides is 1. The number of ether oxygens (including phenoxy) is 1. The van der Waals surface area contributed by atoms with Crippen LogP contribution in [0.4, 0.5) is 5.69 Å². The number of para-hydroxylation sites is 2. The van der Waals surface area contributed by atoms with Crippen LogP contribution in [0.1, 0.15) is 34.6 Å². The van der Waals surface area contributed by atoms with Crippen molar-refractivity contribution in [1.82, 2.24) is 5.32 Å². The van der Waals surface area contributed by atoms with Crippen molar-refractivity contribution in [1.29, 1.82) is 0 Å². The lowest BCUT2D eigenvalue weighted by Crippen LogP contribution is -2.41. The second-order valence-corrected chi connectivity index (χ2v) is 8.88. The van der Waals surface area contributed by atoms with Crippen LogP contribution < -0.4 is 14.4 Å². The Hall–Kier alpha value is -1.76. The summed E-state index contributed by atoms with van der Waals surface area (Å²) in [7, 11) is -3.51. The van der Waals surface area contributed by atoms with E-state index < -0.39 is 15.4 Å². The fraction of sp³-hybridized carbons (Fsp3) is 0.588. The minimum absolute atomic E-state index is 0.0758. The van der Waals surface area contributed by atoms with Gasteiger partial charge in [-0.3, -0.25) is 9.10 Å². The first kappa shape index (κ1) is 20.3. The molecule has 0 aromatic heterocycles. The van der Waals surface area contributed by atoms with Crippen LogP contribution in [0.25, 0.3) is 0 Å². The van der Waals surface area contributed by atoms with E-state index in [4.69, 9.17) is 4.74 Å². The lowest BCUT2D eigenvalue weighted by Gasteiger charge is -2.26. The molecule has 1 amide bonds. The highest BCUT2D eigenvalue weighted by Gasteiger charge is 2.24. The van der Waals surface area contributed by atoms with Gasteiger partial charge in [0.1, 0.15) is 5.75 Å². The minimum Gasteiger partial charge on any atom is -0.489 e. The second-order valence-electron chi connectivity index (χ2n) is 6.98. The molecule has 1 N–H and O–H groups in total. The Morgan fingerprint density at radius 3 is 2.33 bits per heavy atom. The Morgan fingerprint density at radius 2 is 1.83 bits per heavy atom. The summed E-state index contributed by atoms with van der Waals surface area (Å²) in [5, 5.41) is 2.77. The van der Waals surface area contributed by atoms with E-state index in [2.05, 4.69) is 5.32 Å². The molecule has 7 heteroatoms. The summed E-state index contributed by atoms with van der Waals surface area (Å²) in [6.07, 6.45) is 1.07. The lowest BCUT2D eigenvalue weighted by atomic mass is 9.96. The number of nitrogens with one attached hydrogen (secondary N) is 1. The third-order valence-corrected chi connectivity index (χ3v) is 4.36. The largest absolute Gasteiger partial charge is 0.489 e. The summed E-state index contributed by atoms with van der Waals surface area (Å²) in [5.41, 5.74) is -0.0482. The third kappa shape index (κ3) is 6.03. The predicted molar refractivity (Wildman–Crippen MR) is 96.9 cm³/mol. The molecule has 0 aliphatic rings. The normalized spacial score (nSPS) is 12.1. The van der Waals surface area contributed by atoms with Gasteiger partial charge in [0.15, 0.2) is 0 Å². The summed E-state index contributed by atoms with van der Waals surface area (Å²) >= 11 is 0. The maximum Gasteiger partial charge on any atom is 0.232 e. The van der Waals surface area contributed by atoms with Crippen LogP contribution >= 0.6 is 0 Å². The van der Waals surface area contributed by atoms with E-state index in [1.165, 1.54) is 4.31 Å². The van der Waals surface area contributed by atoms with E-state index in [1.807, 2.05) is 34.6 Å². The number of carbonyl (C=O) groups excluding carboxylic acids is 1. The van der Waals surface area contributed by atoms with Crippen molar-refractivity contribution in [2.75, 3.05) is 23.7 Å². The maximum atomic E-state index is 12.2. The highest BCUT2D eigenvalue weighted by atomic mass is 32.2. The zero-order chi connectivity index (χ0) is 18.5. The lowest BCUT2D eigenvalue weighted by molar-refractivity contribution is -0.128. The molecule has 0 saturated carbocycles. The van der Waals surface area contributed by atoms with Gasteiger partial charge in [-0.2, -0.15) is 0 Å². The number of amides is 1. The van der Waals surface area contributed by atoms with Gasteiger partial charge in [0.2, 0.25) is 15.9 Å². The van der Waals surface area contributed by atoms with Crippen LogP contribution in [0.5, 0.6) is 5.75 Å². The van der Waals surface area contributed by atoms with Crippen LogP contribution in [0.3, 0.4) is 0 Å². The zero-order valence-corrected chi connectivity index (χ0v) is 16.1. The summed E-state index contributed by atoms with van der Waals surface area (Å²) < 4.78 is 31.4. The van der Waals surface area contributed by atoms with E-state index in [-0.39, 0.29) is 25.1 Å². The molecule has 0 radical (unpaired) electrons. The van der Waals surface area contributed by atoms with Gasteiger partial charge in [-0.25, -0.2) is 8.42 Å². The fourth-order valence-electron chi connectivity index (χ4n) is 2.02. The summed E-state index contributed by atoms with van der Waals surface area (Å²) in [6.45, 7) is 9.54. The predicted octanol–water partition coefficient (Wildman–Crippen LogP) is 2.40. The third-order valence-electron chi connectivity index (χ3n) is 3.18. The molecule has 136 valence electrons. The maximum absolute atomic E-state index is 12.2. The summed E-state index contributed by atoms with van der Waals surface area (Å²) in [4.78, 5) is 11.9. The van der Waals surface area contributed by atoms with E-state index in [9.17, 15) is 13.2 Å². The average molecular weight is 356 g/mol. The van der Waals surface area contributed by atoms with E-state index in [0.29, 0.717) is 11.4 Å². The molecule has 6 nitrogen and oxygen atoms in total. The smallest absolute Gasteiger partial charge is 0.232 e. The van der Waals surface area contributed by atoms with E-state index >= 15 is 0 Å². The molecule has 0 bridgehead atoms. The number of rotatable bonds is 7. The molecular weight excluding hydrogens is 328 g/mol. The van der Waals surface area contributed by atoms with Gasteiger partial charge in [0.05, 0.1) is 24.6 Å². The Labute approximate surface area is 145 Å². The molecule has 0 spiro atoms. The van der Waals surface area contributed by atoms with Gasteiger partial charge in [-0.1, -0.05) is 32.9 Å². The number of benzene rings is 1. The molecule has 24 heavy (non-hydrogen) atoms. The summed E-state index contributed by atoms with van der Waals surface area (Å²) in [5.74, 6) is 0.378. The van der Waals surface area contributed by atoms with Crippen LogP contribution in [0.15, 0.2) is 24.3 Å². The molecule has 0 aliphatic heterocycles. The Bertz CT molecular complexity index is 663. The Balaban J connectivity index is 2.98. The number of hydrogen-bond donors (Lipinski definition) is 1. The van der Waals surface area contributed by atoms with Crippen LogP contribution in [0, 0.1) is 5.41 Å². The average Bonchev–Trinajstić information content (AvgIpc) is 2.41. The van der Waals surface area contributed by atoms with Crippen LogP contribution in [0.2, 0.25) is 0 Å². The highest BCUT2D eigenvalue weighted by Crippen LogP contribution is 2.30. The molecule has 1 aromatic carbocycles. The molecule has 0 saturated heterocycles. The number of carbonyl (C=O) groups is 1. The summed E-state index contributed by atoms with van der Waals surface area (Å²) in [6, 6.07) is 6.99. The molecule has 0 heterocycles. The standard InChI is InChI=1S/C17H28N2O4S/c1-13(2)23-15-10-8-7-9-14(15)19(24(6,21)22)12-11-18-16(20)17(3,4)5/h7-10,13H,11-12H2,1-6H3,(H,18,20). The first-order valence-corrected chi connectivity index (χ1v) is 9.79. The molecule has 1 rings (SSSR count). The topological polar surface area (TPSA) is 75.7 Å². The molecule has 0 fully saturated rings. The van der Waals surface area contributed by atoms with Crippen molar-refractivity contribution < 1.29 is 17.9 Å². The van der Waals surface area contributed by atoms with Gasteiger partial charge < -0.3 is 10.1 Å². The van der Waals surface area contributed by atoms with Gasteiger partial charge in [0, 0.05) is 12.0 Å². The van der Waals surface area contributed by atoms with Crippen molar-refractivity contribution in [2.24, 2.45) is 5.41 Å². The molecule has 0 unspecified atom stereocenters. The van der Waals surface area contributed by atoms with Gasteiger partial charge in [-0.15, -0.1) is 0 Å². The number of nitrogens with zero attached hydrogens (tertiary/aromatic N) is 1. The van der Waals surface area contributed by atoms with Crippen molar-refractivity contribution in [3.8, 4) is 5.75 Å². The highest BCUT2D eigenvalue weighted by molar-refractivity contribution is 7.92. The fourth-order valence-corrected chi connectivity index (χ4v) is 2.95. The van der Waals surface area contributed by atoms with Gasteiger partial charge >= 0.3 is 0 Å². The van der Waals surface area contributed by atoms with Crippen molar-refractivity contribution in [3.63, 3.8) is 0 Å². The van der Waals surface area contributed by atoms with Crippen LogP contribution in [-0.2, 0) is 14.8 Å². The quantitative estimate of drug-likeness (QED) is 0.814. The van der Waals surface area contributed by atoms with Gasteiger partial charge in [0.25, 0.3) is 0 Å². The zero-order valence-electron chi connectivity index (χ0n) is 15.3. The molecule has 1 aromatic rings. The van der Waals surface area contributed by atoms with Crippen molar-refractivity contribution >= 4 is 21.6 Å². The van der Waals surface area contributed by atoms with Crippen molar-refractivity contribution in [2.45, 2.75) is 40.7 Å². The SMILES string of the molecule is CC(C)Oc1ccccc1N(CCNC(=O)C(C)(C)C)S(C)(=O)=O. The Morgan fingerprint density at radius 1 is 1.25 bits per heavy atom. The van der Waals surface area contributed by atoms with E-state index in [0.717, 1.165) is 6.26 Å². The van der Waals surface area contributed by atoms with Gasteiger partial charge in [-0.05, 0) is 26.0 Å². The minimum atomic E-state index is -3.51. The number of hydrogen-bond acceptors (Lipinski definition) is 4. The van der Waals surface area contributed by atoms with E-state index in [1.54, 1.807) is 24.3 Å². The first-order chi connectivity index (χ1) is 10.9. The molecule has 0 aliphatic carbocycles. The van der Waals surface area contributed by atoms with Crippen molar-refractivity contribution in [3.05, 3.63) is 24.3 Å².